The van der Waals surface area contributed by atoms with Gasteiger partial charge < -0.3 is 10.2 Å². The minimum absolute atomic E-state index is 0.0938. The maximum Gasteiger partial charge on any atom is 0.252 e. The lowest BCUT2D eigenvalue weighted by molar-refractivity contribution is -0.129. The summed E-state index contributed by atoms with van der Waals surface area (Å²) < 4.78 is 0.837. The van der Waals surface area contributed by atoms with Gasteiger partial charge in [-0.15, -0.1) is 0 Å². The van der Waals surface area contributed by atoms with Crippen LogP contribution in [0.2, 0.25) is 5.02 Å². The molecule has 1 N–H and O–H groups in total. The highest BCUT2D eigenvalue weighted by atomic mass is 127. The van der Waals surface area contributed by atoms with Gasteiger partial charge in [-0.2, -0.15) is 0 Å². The fraction of sp³-hybridized carbons (Fsp3) is 0.500. The monoisotopic (exact) mass is 434 g/mol. The summed E-state index contributed by atoms with van der Waals surface area (Å²) in [5.74, 6) is 0.147. The van der Waals surface area contributed by atoms with Crippen LogP contribution in [-0.2, 0) is 4.79 Å². The second-order valence-corrected chi connectivity index (χ2v) is 7.02. The Morgan fingerprint density at radius 2 is 2.27 bits per heavy atom. The largest absolute Gasteiger partial charge is 0.352 e. The van der Waals surface area contributed by atoms with Crippen molar-refractivity contribution in [1.29, 1.82) is 0 Å². The van der Waals surface area contributed by atoms with E-state index in [2.05, 4.69) is 34.8 Å². The second-order valence-electron chi connectivity index (χ2n) is 5.42. The number of hydrogen-bond donors (Lipinski definition) is 1. The van der Waals surface area contributed by atoms with Gasteiger partial charge >= 0.3 is 0 Å². The van der Waals surface area contributed by atoms with Crippen molar-refractivity contribution in [1.82, 2.24) is 10.2 Å². The highest BCUT2D eigenvalue weighted by Gasteiger charge is 2.26. The molecule has 2 amide bonds. The van der Waals surface area contributed by atoms with Crippen LogP contribution in [0.5, 0.6) is 0 Å². The first-order chi connectivity index (χ1) is 10.5. The normalized spacial score (nSPS) is 16.0. The van der Waals surface area contributed by atoms with Crippen LogP contribution < -0.4 is 5.32 Å². The van der Waals surface area contributed by atoms with Crippen LogP contribution in [0.3, 0.4) is 0 Å². The van der Waals surface area contributed by atoms with Crippen LogP contribution in [0.25, 0.3) is 0 Å². The van der Waals surface area contributed by atoms with Crippen LogP contribution in [0, 0.1) is 3.57 Å². The molecule has 1 aromatic carbocycles. The van der Waals surface area contributed by atoms with Gasteiger partial charge in [0.05, 0.1) is 5.56 Å². The lowest BCUT2D eigenvalue weighted by atomic mass is 10.1. The maximum atomic E-state index is 12.2. The molecule has 0 aliphatic carbocycles. The Bertz CT molecular complexity index is 565. The van der Waals surface area contributed by atoms with E-state index in [-0.39, 0.29) is 17.9 Å². The summed E-state index contributed by atoms with van der Waals surface area (Å²) in [5, 5.41) is 3.56. The third-order valence-corrected chi connectivity index (χ3v) is 5.09. The van der Waals surface area contributed by atoms with Crippen molar-refractivity contribution in [3.05, 3.63) is 32.4 Å². The van der Waals surface area contributed by atoms with Gasteiger partial charge in [0, 0.05) is 34.1 Å². The quantitative estimate of drug-likeness (QED) is 0.697. The van der Waals surface area contributed by atoms with E-state index in [4.69, 9.17) is 11.6 Å². The van der Waals surface area contributed by atoms with Crippen molar-refractivity contribution in [2.24, 2.45) is 0 Å². The smallest absolute Gasteiger partial charge is 0.252 e. The Labute approximate surface area is 149 Å². The predicted octanol–water partition coefficient (Wildman–Crippen LogP) is 3.47. The molecule has 22 heavy (non-hydrogen) atoms. The molecule has 6 heteroatoms. The van der Waals surface area contributed by atoms with E-state index in [1.54, 1.807) is 18.2 Å². The average Bonchev–Trinajstić information content (AvgIpc) is 2.89. The number of carbonyl (C=O) groups excluding carboxylic acids is 2. The van der Waals surface area contributed by atoms with Crippen LogP contribution in [0.4, 0.5) is 0 Å². The highest BCUT2D eigenvalue weighted by molar-refractivity contribution is 14.1. The maximum absolute atomic E-state index is 12.2. The molecule has 0 radical (unpaired) electrons. The molecular weight excluding hydrogens is 415 g/mol. The van der Waals surface area contributed by atoms with Gasteiger partial charge in [0.15, 0.2) is 0 Å². The van der Waals surface area contributed by atoms with Crippen LogP contribution in [-0.4, -0.2) is 35.8 Å². The van der Waals surface area contributed by atoms with Gasteiger partial charge in [0.25, 0.3) is 5.91 Å². The molecular formula is C16H20ClIN2O2. The number of amides is 2. The van der Waals surface area contributed by atoms with E-state index in [0.717, 1.165) is 29.4 Å². The molecule has 1 atom stereocenters. The Morgan fingerprint density at radius 1 is 1.50 bits per heavy atom. The first-order valence-electron chi connectivity index (χ1n) is 7.55. The standard InChI is InChI=1S/C16H20ClIN2O2/c1-2-12(20-9-3-4-15(20)21)7-8-19-16(22)13-6-5-11(17)10-14(13)18/h5-6,10,12H,2-4,7-9H2,1H3,(H,19,22)/t12-/m0/s1. The highest BCUT2D eigenvalue weighted by Crippen LogP contribution is 2.19. The van der Waals surface area contributed by atoms with Crippen molar-refractivity contribution in [3.8, 4) is 0 Å². The third kappa shape index (κ3) is 4.35. The van der Waals surface area contributed by atoms with E-state index in [1.165, 1.54) is 0 Å². The first kappa shape index (κ1) is 17.5. The molecule has 2 rings (SSSR count). The molecule has 1 aromatic rings. The van der Waals surface area contributed by atoms with Crippen LogP contribution in [0.15, 0.2) is 18.2 Å². The number of carbonyl (C=O) groups is 2. The molecule has 1 fully saturated rings. The molecule has 0 aromatic heterocycles. The SMILES string of the molecule is CC[C@@H](CCNC(=O)c1ccc(Cl)cc1I)N1CCCC1=O. The second kappa shape index (κ2) is 8.15. The van der Waals surface area contributed by atoms with Crippen molar-refractivity contribution < 1.29 is 9.59 Å². The van der Waals surface area contributed by atoms with E-state index in [9.17, 15) is 9.59 Å². The predicted molar refractivity (Wildman–Crippen MR) is 96.1 cm³/mol. The summed E-state index contributed by atoms with van der Waals surface area (Å²) in [6.07, 6.45) is 3.31. The number of hydrogen-bond acceptors (Lipinski definition) is 2. The van der Waals surface area contributed by atoms with Crippen molar-refractivity contribution >= 4 is 46.0 Å². The Hall–Kier alpha value is -0.820. The molecule has 1 heterocycles. The van der Waals surface area contributed by atoms with E-state index >= 15 is 0 Å². The Kier molecular flexibility index (Phi) is 6.50. The number of benzene rings is 1. The number of rotatable bonds is 6. The summed E-state index contributed by atoms with van der Waals surface area (Å²) in [6.45, 7) is 3.50. The third-order valence-electron chi connectivity index (χ3n) is 3.96. The van der Waals surface area contributed by atoms with Crippen molar-refractivity contribution in [2.45, 2.75) is 38.6 Å². The molecule has 0 bridgehead atoms. The number of nitrogens with zero attached hydrogens (tertiary/aromatic N) is 1. The first-order valence-corrected chi connectivity index (χ1v) is 9.01. The molecule has 0 saturated carbocycles. The summed E-state index contributed by atoms with van der Waals surface area (Å²) in [6, 6.07) is 5.45. The molecule has 4 nitrogen and oxygen atoms in total. The van der Waals surface area contributed by atoms with Gasteiger partial charge in [0.2, 0.25) is 5.91 Å². The lowest BCUT2D eigenvalue weighted by Crippen LogP contribution is -2.38. The lowest BCUT2D eigenvalue weighted by Gasteiger charge is -2.26. The summed E-state index contributed by atoms with van der Waals surface area (Å²) >= 11 is 8.01. The summed E-state index contributed by atoms with van der Waals surface area (Å²) in [5.41, 5.74) is 0.635. The minimum Gasteiger partial charge on any atom is -0.352 e. The zero-order valence-electron chi connectivity index (χ0n) is 12.6. The van der Waals surface area contributed by atoms with E-state index in [1.807, 2.05) is 4.90 Å². The molecule has 1 aliphatic heterocycles. The topological polar surface area (TPSA) is 49.4 Å². The zero-order chi connectivity index (χ0) is 16.1. The van der Waals surface area contributed by atoms with Crippen molar-refractivity contribution in [3.63, 3.8) is 0 Å². The Balaban J connectivity index is 1.86. The fourth-order valence-electron chi connectivity index (χ4n) is 2.76. The minimum atomic E-state index is -0.0938. The average molecular weight is 435 g/mol. The van der Waals surface area contributed by atoms with Gasteiger partial charge in [-0.05, 0) is 60.1 Å². The number of likely N-dealkylation sites (tertiary alicyclic amines) is 1. The van der Waals surface area contributed by atoms with Gasteiger partial charge in [-0.1, -0.05) is 18.5 Å². The number of nitrogens with one attached hydrogen (secondary N) is 1. The molecule has 120 valence electrons. The number of halogens is 2. The molecule has 0 spiro atoms. The summed E-state index contributed by atoms with van der Waals surface area (Å²) in [4.78, 5) is 25.9. The van der Waals surface area contributed by atoms with E-state index in [0.29, 0.717) is 23.6 Å². The zero-order valence-corrected chi connectivity index (χ0v) is 15.5. The molecule has 1 aliphatic rings. The molecule has 0 unspecified atom stereocenters. The van der Waals surface area contributed by atoms with Crippen molar-refractivity contribution in [2.75, 3.05) is 13.1 Å². The van der Waals surface area contributed by atoms with Gasteiger partial charge in [0.1, 0.15) is 0 Å². The van der Waals surface area contributed by atoms with Gasteiger partial charge in [-0.25, -0.2) is 0 Å². The summed E-state index contributed by atoms with van der Waals surface area (Å²) in [7, 11) is 0. The van der Waals surface area contributed by atoms with Crippen LogP contribution in [0.1, 0.15) is 43.0 Å². The molecule has 1 saturated heterocycles. The van der Waals surface area contributed by atoms with Crippen LogP contribution >= 0.6 is 34.2 Å². The van der Waals surface area contributed by atoms with Gasteiger partial charge in [-0.3, -0.25) is 9.59 Å². The fourth-order valence-corrected chi connectivity index (χ4v) is 3.87. The van der Waals surface area contributed by atoms with E-state index < -0.39 is 0 Å². The Morgan fingerprint density at radius 3 is 2.86 bits per heavy atom.